The first-order valence-electron chi connectivity index (χ1n) is 6.30. The normalized spacial score (nSPS) is 14.6. The Labute approximate surface area is 101 Å². The first-order chi connectivity index (χ1) is 8.34. The average molecular weight is 227 g/mol. The average Bonchev–Trinajstić information content (AvgIpc) is 2.76. The van der Waals surface area contributed by atoms with E-state index in [2.05, 4.69) is 46.0 Å². The van der Waals surface area contributed by atoms with Gasteiger partial charge in [-0.25, -0.2) is 0 Å². The second-order valence-corrected chi connectivity index (χ2v) is 4.74. The van der Waals surface area contributed by atoms with Crippen LogP contribution in [0.1, 0.15) is 35.6 Å². The zero-order valence-corrected chi connectivity index (χ0v) is 10.2. The summed E-state index contributed by atoms with van der Waals surface area (Å²) in [5, 5.41) is 8.64. The molecular weight excluding hydrogens is 210 g/mol. The van der Waals surface area contributed by atoms with Crippen molar-refractivity contribution in [2.24, 2.45) is 0 Å². The summed E-state index contributed by atoms with van der Waals surface area (Å²) in [6.07, 6.45) is 4.49. The van der Waals surface area contributed by atoms with Crippen molar-refractivity contribution in [3.05, 3.63) is 47.0 Å². The molecule has 88 valence electrons. The maximum absolute atomic E-state index is 4.35. The van der Waals surface area contributed by atoms with Crippen LogP contribution in [-0.4, -0.2) is 14.8 Å². The Bertz CT molecular complexity index is 528. The highest BCUT2D eigenvalue weighted by atomic mass is 15.3. The number of hydrogen-bond donors (Lipinski definition) is 0. The number of fused-ring (bicyclic) bond motifs is 1. The highest BCUT2D eigenvalue weighted by molar-refractivity contribution is 5.28. The quantitative estimate of drug-likeness (QED) is 0.789. The fourth-order valence-electron chi connectivity index (χ4n) is 2.48. The number of hydrogen-bond acceptors (Lipinski definition) is 2. The molecule has 0 N–H and O–H groups in total. The number of rotatable bonds is 2. The third-order valence-electron chi connectivity index (χ3n) is 3.55. The Morgan fingerprint density at radius 2 is 2.06 bits per heavy atom. The van der Waals surface area contributed by atoms with E-state index in [4.69, 9.17) is 0 Å². The molecule has 0 atom stereocenters. The smallest absolute Gasteiger partial charge is 0.137 e. The Kier molecular flexibility index (Phi) is 2.67. The maximum atomic E-state index is 4.35. The van der Waals surface area contributed by atoms with Gasteiger partial charge in [-0.3, -0.25) is 0 Å². The van der Waals surface area contributed by atoms with E-state index in [1.54, 1.807) is 0 Å². The van der Waals surface area contributed by atoms with E-state index in [0.29, 0.717) is 0 Å². The van der Waals surface area contributed by atoms with Gasteiger partial charge in [-0.05, 0) is 30.9 Å². The highest BCUT2D eigenvalue weighted by Gasteiger charge is 2.15. The molecule has 0 radical (unpaired) electrons. The SMILES string of the molecule is Cc1ccccc1Cc1nnc2n1CCCC2. The summed E-state index contributed by atoms with van der Waals surface area (Å²) in [7, 11) is 0. The molecule has 2 heterocycles. The van der Waals surface area contributed by atoms with Gasteiger partial charge < -0.3 is 4.57 Å². The van der Waals surface area contributed by atoms with Crippen LogP contribution in [0, 0.1) is 6.92 Å². The number of nitrogens with zero attached hydrogens (tertiary/aromatic N) is 3. The lowest BCUT2D eigenvalue weighted by Crippen LogP contribution is -2.13. The summed E-state index contributed by atoms with van der Waals surface area (Å²) in [5.74, 6) is 2.29. The molecule has 1 aliphatic rings. The van der Waals surface area contributed by atoms with E-state index in [0.717, 1.165) is 25.2 Å². The third-order valence-corrected chi connectivity index (χ3v) is 3.55. The molecule has 0 bridgehead atoms. The van der Waals surface area contributed by atoms with Crippen LogP contribution in [0.5, 0.6) is 0 Å². The Hall–Kier alpha value is -1.64. The number of aromatic nitrogens is 3. The summed E-state index contributed by atoms with van der Waals surface area (Å²) in [5.41, 5.74) is 2.69. The number of aryl methyl sites for hydroxylation is 2. The molecule has 1 aromatic carbocycles. The van der Waals surface area contributed by atoms with Crippen molar-refractivity contribution in [2.45, 2.75) is 39.2 Å². The van der Waals surface area contributed by atoms with E-state index in [1.807, 2.05) is 0 Å². The monoisotopic (exact) mass is 227 g/mol. The molecule has 1 aliphatic heterocycles. The summed E-state index contributed by atoms with van der Waals surface area (Å²) < 4.78 is 2.30. The van der Waals surface area contributed by atoms with Crippen LogP contribution in [0.2, 0.25) is 0 Å². The molecule has 3 heteroatoms. The van der Waals surface area contributed by atoms with E-state index in [9.17, 15) is 0 Å². The molecule has 17 heavy (non-hydrogen) atoms. The molecule has 2 aromatic rings. The standard InChI is InChI=1S/C14H17N3/c1-11-6-2-3-7-12(11)10-14-16-15-13-8-4-5-9-17(13)14/h2-3,6-7H,4-5,8-10H2,1H3. The molecule has 0 amide bonds. The van der Waals surface area contributed by atoms with Crippen LogP contribution in [0.4, 0.5) is 0 Å². The molecule has 0 saturated carbocycles. The van der Waals surface area contributed by atoms with Crippen molar-refractivity contribution in [3.63, 3.8) is 0 Å². The topological polar surface area (TPSA) is 30.7 Å². The minimum atomic E-state index is 0.902. The Morgan fingerprint density at radius 3 is 2.94 bits per heavy atom. The predicted molar refractivity (Wildman–Crippen MR) is 66.9 cm³/mol. The van der Waals surface area contributed by atoms with E-state index >= 15 is 0 Å². The zero-order valence-electron chi connectivity index (χ0n) is 10.2. The molecule has 3 nitrogen and oxygen atoms in total. The summed E-state index contributed by atoms with van der Waals surface area (Å²) in [6.45, 7) is 3.24. The van der Waals surface area contributed by atoms with Crippen LogP contribution in [0.15, 0.2) is 24.3 Å². The van der Waals surface area contributed by atoms with Crippen molar-refractivity contribution in [1.82, 2.24) is 14.8 Å². The van der Waals surface area contributed by atoms with Crippen molar-refractivity contribution in [3.8, 4) is 0 Å². The molecule has 0 saturated heterocycles. The van der Waals surface area contributed by atoms with Gasteiger partial charge in [0.2, 0.25) is 0 Å². The van der Waals surface area contributed by atoms with Gasteiger partial charge in [0.15, 0.2) is 0 Å². The zero-order chi connectivity index (χ0) is 11.7. The lowest BCUT2D eigenvalue weighted by molar-refractivity contribution is 0.510. The van der Waals surface area contributed by atoms with Crippen LogP contribution in [-0.2, 0) is 19.4 Å². The molecule has 0 spiro atoms. The van der Waals surface area contributed by atoms with Gasteiger partial charge in [0.25, 0.3) is 0 Å². The maximum Gasteiger partial charge on any atom is 0.137 e. The van der Waals surface area contributed by atoms with Gasteiger partial charge in [-0.1, -0.05) is 24.3 Å². The molecule has 1 aromatic heterocycles. The van der Waals surface area contributed by atoms with Crippen molar-refractivity contribution in [1.29, 1.82) is 0 Å². The summed E-state index contributed by atoms with van der Waals surface area (Å²) in [6, 6.07) is 8.51. The van der Waals surface area contributed by atoms with Crippen LogP contribution in [0.25, 0.3) is 0 Å². The van der Waals surface area contributed by atoms with Crippen LogP contribution >= 0.6 is 0 Å². The van der Waals surface area contributed by atoms with Crippen molar-refractivity contribution in [2.75, 3.05) is 0 Å². The Morgan fingerprint density at radius 1 is 1.18 bits per heavy atom. The lowest BCUT2D eigenvalue weighted by Gasteiger charge is -2.15. The highest BCUT2D eigenvalue weighted by Crippen LogP contribution is 2.18. The van der Waals surface area contributed by atoms with E-state index < -0.39 is 0 Å². The summed E-state index contributed by atoms with van der Waals surface area (Å²) in [4.78, 5) is 0. The van der Waals surface area contributed by atoms with E-state index in [1.165, 1.54) is 29.8 Å². The molecule has 3 rings (SSSR count). The molecule has 0 aliphatic carbocycles. The minimum Gasteiger partial charge on any atom is -0.315 e. The van der Waals surface area contributed by atoms with Crippen molar-refractivity contribution >= 4 is 0 Å². The molecule has 0 unspecified atom stereocenters. The number of benzene rings is 1. The predicted octanol–water partition coefficient (Wildman–Crippen LogP) is 2.51. The van der Waals surface area contributed by atoms with E-state index in [-0.39, 0.29) is 0 Å². The van der Waals surface area contributed by atoms with Gasteiger partial charge in [0.05, 0.1) is 0 Å². The van der Waals surface area contributed by atoms with Gasteiger partial charge in [-0.15, -0.1) is 10.2 Å². The molecular formula is C14H17N3. The van der Waals surface area contributed by atoms with Crippen molar-refractivity contribution < 1.29 is 0 Å². The first kappa shape index (κ1) is 10.5. The van der Waals surface area contributed by atoms with Gasteiger partial charge in [0, 0.05) is 19.4 Å². The minimum absolute atomic E-state index is 0.902. The summed E-state index contributed by atoms with van der Waals surface area (Å²) >= 11 is 0. The van der Waals surface area contributed by atoms with Gasteiger partial charge in [0.1, 0.15) is 11.6 Å². The van der Waals surface area contributed by atoms with Gasteiger partial charge in [-0.2, -0.15) is 0 Å². The largest absolute Gasteiger partial charge is 0.315 e. The van der Waals surface area contributed by atoms with Gasteiger partial charge >= 0.3 is 0 Å². The Balaban J connectivity index is 1.91. The first-order valence-corrected chi connectivity index (χ1v) is 6.30. The van der Waals surface area contributed by atoms with Crippen LogP contribution in [0.3, 0.4) is 0 Å². The fraction of sp³-hybridized carbons (Fsp3) is 0.429. The molecule has 0 fully saturated rings. The lowest BCUT2D eigenvalue weighted by atomic mass is 10.1. The fourth-order valence-corrected chi connectivity index (χ4v) is 2.48. The third kappa shape index (κ3) is 1.97. The second-order valence-electron chi connectivity index (χ2n) is 4.74. The second kappa shape index (κ2) is 4.32. The van der Waals surface area contributed by atoms with Crippen LogP contribution < -0.4 is 0 Å².